The number of anilines is 1. The van der Waals surface area contributed by atoms with E-state index in [1.807, 2.05) is 4.90 Å². The lowest BCUT2D eigenvalue weighted by Crippen LogP contribution is -2.37. The zero-order valence-corrected chi connectivity index (χ0v) is 13.3. The lowest BCUT2D eigenvalue weighted by Gasteiger charge is -2.28. The largest absolute Gasteiger partial charge is 0.378 e. The van der Waals surface area contributed by atoms with Crippen LogP contribution in [0.5, 0.6) is 0 Å². The Morgan fingerprint density at radius 2 is 1.91 bits per heavy atom. The third-order valence-electron chi connectivity index (χ3n) is 3.88. The maximum Gasteiger partial charge on any atom is 0.281 e. The number of hydrogen-bond donors (Lipinski definition) is 0. The predicted octanol–water partition coefficient (Wildman–Crippen LogP) is 0.554. The lowest BCUT2D eigenvalue weighted by molar-refractivity contribution is 0.0688. The minimum Gasteiger partial charge on any atom is -0.378 e. The SMILES string of the molecule is CN1C(=O)c2nc3c(N4CCOCC4)nc(Br)cn3c2C1=O. The van der Waals surface area contributed by atoms with Crippen molar-refractivity contribution in [3.63, 3.8) is 0 Å². The second-order valence-corrected chi connectivity index (χ2v) is 5.97. The van der Waals surface area contributed by atoms with Gasteiger partial charge in [0.15, 0.2) is 17.2 Å². The van der Waals surface area contributed by atoms with Crippen LogP contribution in [0.25, 0.3) is 5.65 Å². The number of carbonyl (C=O) groups excluding carboxylic acids is 2. The molecule has 1 saturated heterocycles. The molecule has 0 radical (unpaired) electrons. The Kier molecular flexibility index (Phi) is 2.95. The van der Waals surface area contributed by atoms with Crippen molar-refractivity contribution >= 4 is 39.2 Å². The number of morpholine rings is 1. The van der Waals surface area contributed by atoms with Gasteiger partial charge in [0, 0.05) is 26.3 Å². The second kappa shape index (κ2) is 4.75. The van der Waals surface area contributed by atoms with Crippen molar-refractivity contribution in [2.24, 2.45) is 0 Å². The number of amides is 2. The third kappa shape index (κ3) is 1.78. The van der Waals surface area contributed by atoms with Gasteiger partial charge in [-0.25, -0.2) is 9.97 Å². The van der Waals surface area contributed by atoms with Crippen LogP contribution in [-0.2, 0) is 4.74 Å². The van der Waals surface area contributed by atoms with Crippen LogP contribution < -0.4 is 4.90 Å². The summed E-state index contributed by atoms with van der Waals surface area (Å²) in [5, 5.41) is 0. The normalized spacial score (nSPS) is 18.5. The Balaban J connectivity index is 1.95. The van der Waals surface area contributed by atoms with Gasteiger partial charge in [0.05, 0.1) is 13.2 Å². The van der Waals surface area contributed by atoms with E-state index in [1.54, 1.807) is 10.6 Å². The van der Waals surface area contributed by atoms with Crippen LogP contribution in [0.15, 0.2) is 10.8 Å². The highest BCUT2D eigenvalue weighted by atomic mass is 79.9. The topological polar surface area (TPSA) is 80.0 Å². The fourth-order valence-corrected chi connectivity index (χ4v) is 3.13. The van der Waals surface area contributed by atoms with E-state index < -0.39 is 0 Å². The van der Waals surface area contributed by atoms with E-state index in [2.05, 4.69) is 25.9 Å². The third-order valence-corrected chi connectivity index (χ3v) is 4.27. The van der Waals surface area contributed by atoms with Crippen LogP contribution in [-0.4, -0.2) is 64.4 Å². The monoisotopic (exact) mass is 365 g/mol. The highest BCUT2D eigenvalue weighted by Gasteiger charge is 2.39. The molecular formula is C13H12BrN5O3. The molecule has 9 heteroatoms. The van der Waals surface area contributed by atoms with Crippen molar-refractivity contribution in [3.8, 4) is 0 Å². The van der Waals surface area contributed by atoms with E-state index in [0.717, 1.165) is 4.90 Å². The quantitative estimate of drug-likeness (QED) is 0.686. The van der Waals surface area contributed by atoms with E-state index in [0.29, 0.717) is 48.1 Å². The fourth-order valence-electron chi connectivity index (χ4n) is 2.75. The molecule has 4 heterocycles. The molecule has 22 heavy (non-hydrogen) atoms. The fraction of sp³-hybridized carbons (Fsp3) is 0.385. The number of hydrogen-bond acceptors (Lipinski definition) is 6. The van der Waals surface area contributed by atoms with Gasteiger partial charge in [0.2, 0.25) is 0 Å². The Bertz CT molecular complexity index is 812. The summed E-state index contributed by atoms with van der Waals surface area (Å²) >= 11 is 3.37. The van der Waals surface area contributed by atoms with Crippen molar-refractivity contribution in [2.45, 2.75) is 0 Å². The summed E-state index contributed by atoms with van der Waals surface area (Å²) < 4.78 is 7.57. The highest BCUT2D eigenvalue weighted by Crippen LogP contribution is 2.29. The summed E-state index contributed by atoms with van der Waals surface area (Å²) in [5.41, 5.74) is 0.993. The second-order valence-electron chi connectivity index (χ2n) is 5.16. The average Bonchev–Trinajstić information content (AvgIpc) is 3.00. The minimum atomic E-state index is -0.382. The summed E-state index contributed by atoms with van der Waals surface area (Å²) in [6, 6.07) is 0. The Morgan fingerprint density at radius 1 is 1.18 bits per heavy atom. The molecule has 0 unspecified atom stereocenters. The zero-order chi connectivity index (χ0) is 15.4. The zero-order valence-electron chi connectivity index (χ0n) is 11.7. The van der Waals surface area contributed by atoms with Gasteiger partial charge in [-0.15, -0.1) is 0 Å². The molecular weight excluding hydrogens is 354 g/mol. The number of imidazole rings is 1. The predicted molar refractivity (Wildman–Crippen MR) is 80.1 cm³/mol. The number of rotatable bonds is 1. The van der Waals surface area contributed by atoms with Gasteiger partial charge >= 0.3 is 0 Å². The molecule has 0 atom stereocenters. The van der Waals surface area contributed by atoms with Crippen LogP contribution in [0, 0.1) is 0 Å². The summed E-state index contributed by atoms with van der Waals surface area (Å²) in [7, 11) is 1.46. The number of fused-ring (bicyclic) bond motifs is 3. The molecule has 0 bridgehead atoms. The van der Waals surface area contributed by atoms with E-state index in [1.165, 1.54) is 7.05 Å². The average molecular weight is 366 g/mol. The maximum absolute atomic E-state index is 12.3. The summed E-state index contributed by atoms with van der Waals surface area (Å²) in [6.45, 7) is 2.61. The molecule has 114 valence electrons. The highest BCUT2D eigenvalue weighted by molar-refractivity contribution is 9.10. The van der Waals surface area contributed by atoms with E-state index in [4.69, 9.17) is 4.74 Å². The first kappa shape index (κ1) is 13.6. The molecule has 0 N–H and O–H groups in total. The van der Waals surface area contributed by atoms with Crippen LogP contribution in [0.3, 0.4) is 0 Å². The Hall–Kier alpha value is -2.00. The van der Waals surface area contributed by atoms with E-state index in [9.17, 15) is 9.59 Å². The van der Waals surface area contributed by atoms with Gasteiger partial charge in [-0.3, -0.25) is 18.9 Å². The molecule has 4 rings (SSSR count). The molecule has 8 nitrogen and oxygen atoms in total. The van der Waals surface area contributed by atoms with Crippen LogP contribution in [0.1, 0.15) is 21.0 Å². The molecule has 0 saturated carbocycles. The van der Waals surface area contributed by atoms with Crippen molar-refractivity contribution in [2.75, 3.05) is 38.3 Å². The van der Waals surface area contributed by atoms with E-state index >= 15 is 0 Å². The number of aromatic nitrogens is 3. The van der Waals surface area contributed by atoms with Crippen molar-refractivity contribution in [1.82, 2.24) is 19.3 Å². The first-order valence-corrected chi connectivity index (χ1v) is 7.61. The molecule has 1 fully saturated rings. The van der Waals surface area contributed by atoms with E-state index in [-0.39, 0.29) is 17.5 Å². The van der Waals surface area contributed by atoms with Gasteiger partial charge in [-0.2, -0.15) is 0 Å². The first-order valence-electron chi connectivity index (χ1n) is 6.81. The Morgan fingerprint density at radius 3 is 2.64 bits per heavy atom. The smallest absolute Gasteiger partial charge is 0.281 e. The number of ether oxygens (including phenoxy) is 1. The summed E-state index contributed by atoms with van der Waals surface area (Å²) in [6.07, 6.45) is 1.66. The standard InChI is InChI=1S/C13H12BrN5O3/c1-17-12(20)8-9(13(17)21)19-6-7(14)15-10(11(19)16-8)18-2-4-22-5-3-18/h6H,2-5H2,1H3. The van der Waals surface area contributed by atoms with Gasteiger partial charge in [0.1, 0.15) is 10.3 Å². The molecule has 2 aliphatic heterocycles. The maximum atomic E-state index is 12.3. The molecule has 2 aliphatic rings. The Labute approximate surface area is 133 Å². The first-order chi connectivity index (χ1) is 10.6. The molecule has 0 spiro atoms. The van der Waals surface area contributed by atoms with Crippen molar-refractivity contribution in [3.05, 3.63) is 22.2 Å². The number of imide groups is 1. The van der Waals surface area contributed by atoms with Crippen molar-refractivity contribution < 1.29 is 14.3 Å². The van der Waals surface area contributed by atoms with Gasteiger partial charge < -0.3 is 9.64 Å². The van der Waals surface area contributed by atoms with Crippen LogP contribution in [0.4, 0.5) is 5.82 Å². The summed E-state index contributed by atoms with van der Waals surface area (Å²) in [5.74, 6) is -0.0818. The molecule has 2 aromatic heterocycles. The molecule has 0 aliphatic carbocycles. The van der Waals surface area contributed by atoms with Gasteiger partial charge in [-0.1, -0.05) is 0 Å². The van der Waals surface area contributed by atoms with Gasteiger partial charge in [-0.05, 0) is 15.9 Å². The van der Waals surface area contributed by atoms with Crippen molar-refractivity contribution in [1.29, 1.82) is 0 Å². The number of carbonyl (C=O) groups is 2. The number of halogens is 1. The molecule has 0 aromatic carbocycles. The van der Waals surface area contributed by atoms with Crippen LogP contribution in [0.2, 0.25) is 0 Å². The van der Waals surface area contributed by atoms with Crippen LogP contribution >= 0.6 is 15.9 Å². The summed E-state index contributed by atoms with van der Waals surface area (Å²) in [4.78, 5) is 36.3. The minimum absolute atomic E-state index is 0.182. The molecule has 2 aromatic rings. The van der Waals surface area contributed by atoms with Gasteiger partial charge in [0.25, 0.3) is 11.8 Å². The molecule has 2 amide bonds. The lowest BCUT2D eigenvalue weighted by atomic mass is 10.4. The number of nitrogens with zero attached hydrogens (tertiary/aromatic N) is 5.